The number of nitrogens with zero attached hydrogens (tertiary/aromatic N) is 2. The molecule has 6 heteroatoms. The molecule has 0 spiro atoms. The maximum atomic E-state index is 12.7. The first-order valence-electron chi connectivity index (χ1n) is 10.8. The lowest BCUT2D eigenvalue weighted by Gasteiger charge is -2.32. The molecule has 0 aliphatic carbocycles. The van der Waals surface area contributed by atoms with Gasteiger partial charge in [-0.1, -0.05) is 18.1 Å². The van der Waals surface area contributed by atoms with Gasteiger partial charge in [0, 0.05) is 30.0 Å². The molecule has 2 heterocycles. The average Bonchev–Trinajstić information content (AvgIpc) is 3.11. The summed E-state index contributed by atoms with van der Waals surface area (Å²) in [4.78, 5) is 15.1. The lowest BCUT2D eigenvalue weighted by molar-refractivity contribution is 0.102. The number of benzene rings is 2. The summed E-state index contributed by atoms with van der Waals surface area (Å²) in [7, 11) is 0. The number of carbonyl (C=O) groups is 1. The van der Waals surface area contributed by atoms with Crippen molar-refractivity contribution >= 4 is 17.3 Å². The second-order valence-corrected chi connectivity index (χ2v) is 8.29. The SMILES string of the molecule is Cc1noc(C)c1COc1cccc(C(=O)Nc2ccc(N3CCC(C)CC3)cc2)c1. The minimum Gasteiger partial charge on any atom is -0.489 e. The smallest absolute Gasteiger partial charge is 0.255 e. The van der Waals surface area contributed by atoms with Crippen LogP contribution in [-0.4, -0.2) is 24.2 Å². The standard InChI is InChI=1S/C25H29N3O3/c1-17-11-13-28(14-12-17)22-9-7-21(8-10-22)26-25(29)20-5-4-6-23(15-20)30-16-24-18(2)27-31-19(24)3/h4-10,15,17H,11-14,16H2,1-3H3,(H,26,29). The van der Waals surface area contributed by atoms with Crippen molar-refractivity contribution in [1.82, 2.24) is 5.16 Å². The number of hydrogen-bond donors (Lipinski definition) is 1. The minimum absolute atomic E-state index is 0.165. The second kappa shape index (κ2) is 9.25. The van der Waals surface area contributed by atoms with Crippen LogP contribution in [0.4, 0.5) is 11.4 Å². The summed E-state index contributed by atoms with van der Waals surface area (Å²) in [5, 5.41) is 6.91. The normalized spacial score (nSPS) is 14.5. The number of amides is 1. The molecule has 1 fully saturated rings. The van der Waals surface area contributed by atoms with Gasteiger partial charge in [-0.25, -0.2) is 0 Å². The fraction of sp³-hybridized carbons (Fsp3) is 0.360. The topological polar surface area (TPSA) is 67.6 Å². The fourth-order valence-electron chi connectivity index (χ4n) is 3.82. The number of rotatable bonds is 6. The zero-order valence-electron chi connectivity index (χ0n) is 18.4. The Bertz CT molecular complexity index is 1010. The monoisotopic (exact) mass is 419 g/mol. The molecule has 31 heavy (non-hydrogen) atoms. The molecule has 1 aliphatic rings. The first kappa shape index (κ1) is 21.0. The molecule has 1 aromatic heterocycles. The van der Waals surface area contributed by atoms with Crippen LogP contribution in [0.15, 0.2) is 53.1 Å². The van der Waals surface area contributed by atoms with Crippen LogP contribution in [0.3, 0.4) is 0 Å². The zero-order valence-corrected chi connectivity index (χ0v) is 18.4. The van der Waals surface area contributed by atoms with Crippen molar-refractivity contribution in [3.63, 3.8) is 0 Å². The molecule has 4 rings (SSSR count). The van der Waals surface area contributed by atoms with Gasteiger partial charge >= 0.3 is 0 Å². The number of nitrogens with one attached hydrogen (secondary N) is 1. The van der Waals surface area contributed by atoms with E-state index >= 15 is 0 Å². The van der Waals surface area contributed by atoms with Crippen LogP contribution in [0.25, 0.3) is 0 Å². The van der Waals surface area contributed by atoms with E-state index in [1.54, 1.807) is 12.1 Å². The molecule has 2 aromatic carbocycles. The van der Waals surface area contributed by atoms with Crippen molar-refractivity contribution in [3.8, 4) is 5.75 Å². The van der Waals surface area contributed by atoms with Gasteiger partial charge in [0.25, 0.3) is 5.91 Å². The van der Waals surface area contributed by atoms with Crippen molar-refractivity contribution in [2.24, 2.45) is 5.92 Å². The summed E-state index contributed by atoms with van der Waals surface area (Å²) in [6, 6.07) is 15.3. The molecule has 1 aliphatic heterocycles. The van der Waals surface area contributed by atoms with Gasteiger partial charge in [-0.2, -0.15) is 0 Å². The summed E-state index contributed by atoms with van der Waals surface area (Å²) in [6.07, 6.45) is 2.46. The van der Waals surface area contributed by atoms with Gasteiger partial charge in [-0.05, 0) is 75.1 Å². The highest BCUT2D eigenvalue weighted by Gasteiger charge is 2.16. The van der Waals surface area contributed by atoms with E-state index in [9.17, 15) is 4.79 Å². The number of anilines is 2. The van der Waals surface area contributed by atoms with Gasteiger partial charge in [0.15, 0.2) is 0 Å². The van der Waals surface area contributed by atoms with E-state index in [1.807, 2.05) is 38.1 Å². The summed E-state index contributed by atoms with van der Waals surface area (Å²) < 4.78 is 11.0. The number of aryl methyl sites for hydroxylation is 2. The first-order valence-corrected chi connectivity index (χ1v) is 10.8. The Labute approximate surface area is 183 Å². The van der Waals surface area contributed by atoms with Crippen LogP contribution in [-0.2, 0) is 6.61 Å². The Morgan fingerprint density at radius 3 is 2.58 bits per heavy atom. The quantitative estimate of drug-likeness (QED) is 0.583. The maximum Gasteiger partial charge on any atom is 0.255 e. The lowest BCUT2D eigenvalue weighted by atomic mass is 9.99. The van der Waals surface area contributed by atoms with E-state index in [0.717, 1.165) is 41.7 Å². The molecule has 3 aromatic rings. The molecule has 0 radical (unpaired) electrons. The van der Waals surface area contributed by atoms with Crippen molar-refractivity contribution < 1.29 is 14.1 Å². The average molecular weight is 420 g/mol. The fourth-order valence-corrected chi connectivity index (χ4v) is 3.82. The van der Waals surface area contributed by atoms with Gasteiger partial charge in [-0.3, -0.25) is 4.79 Å². The van der Waals surface area contributed by atoms with Crippen LogP contribution < -0.4 is 15.0 Å². The Kier molecular flexibility index (Phi) is 6.26. The number of hydrogen-bond acceptors (Lipinski definition) is 5. The lowest BCUT2D eigenvalue weighted by Crippen LogP contribution is -2.32. The van der Waals surface area contributed by atoms with E-state index in [2.05, 4.69) is 34.4 Å². The van der Waals surface area contributed by atoms with Gasteiger partial charge in [-0.15, -0.1) is 0 Å². The zero-order chi connectivity index (χ0) is 21.8. The predicted octanol–water partition coefficient (Wildman–Crippen LogP) is 5.36. The maximum absolute atomic E-state index is 12.7. The molecule has 6 nitrogen and oxygen atoms in total. The van der Waals surface area contributed by atoms with Crippen LogP contribution in [0.1, 0.15) is 47.1 Å². The third-order valence-corrected chi connectivity index (χ3v) is 5.93. The molecule has 0 saturated carbocycles. The van der Waals surface area contributed by atoms with Gasteiger partial charge in [0.05, 0.1) is 11.3 Å². The molecular weight excluding hydrogens is 390 g/mol. The van der Waals surface area contributed by atoms with Crippen LogP contribution >= 0.6 is 0 Å². The first-order chi connectivity index (χ1) is 15.0. The van der Waals surface area contributed by atoms with E-state index in [1.165, 1.54) is 18.5 Å². The molecule has 0 unspecified atom stereocenters. The van der Waals surface area contributed by atoms with Crippen molar-refractivity contribution in [2.75, 3.05) is 23.3 Å². The second-order valence-electron chi connectivity index (χ2n) is 8.29. The summed E-state index contributed by atoms with van der Waals surface area (Å²) >= 11 is 0. The highest BCUT2D eigenvalue weighted by atomic mass is 16.5. The van der Waals surface area contributed by atoms with E-state index in [4.69, 9.17) is 9.26 Å². The summed E-state index contributed by atoms with van der Waals surface area (Å²) in [5.74, 6) is 2.01. The molecular formula is C25H29N3O3. The molecule has 0 atom stereocenters. The number of ether oxygens (including phenoxy) is 1. The van der Waals surface area contributed by atoms with E-state index < -0.39 is 0 Å². The largest absolute Gasteiger partial charge is 0.489 e. The minimum atomic E-state index is -0.165. The molecule has 1 saturated heterocycles. The third kappa shape index (κ3) is 5.08. The number of carbonyl (C=O) groups excluding carboxylic acids is 1. The van der Waals surface area contributed by atoms with E-state index in [-0.39, 0.29) is 5.91 Å². The van der Waals surface area contributed by atoms with Crippen molar-refractivity contribution in [1.29, 1.82) is 0 Å². The van der Waals surface area contributed by atoms with E-state index in [0.29, 0.717) is 17.9 Å². The van der Waals surface area contributed by atoms with Crippen LogP contribution in [0.5, 0.6) is 5.75 Å². The predicted molar refractivity (Wildman–Crippen MR) is 122 cm³/mol. The Morgan fingerprint density at radius 2 is 1.90 bits per heavy atom. The Morgan fingerprint density at radius 1 is 1.16 bits per heavy atom. The van der Waals surface area contributed by atoms with Crippen LogP contribution in [0, 0.1) is 19.8 Å². The summed E-state index contributed by atoms with van der Waals surface area (Å²) in [6.45, 7) is 8.59. The van der Waals surface area contributed by atoms with Gasteiger partial charge < -0.3 is 19.5 Å². The molecule has 162 valence electrons. The van der Waals surface area contributed by atoms with Gasteiger partial charge in [0.2, 0.25) is 0 Å². The Balaban J connectivity index is 1.36. The third-order valence-electron chi connectivity index (χ3n) is 5.93. The van der Waals surface area contributed by atoms with Gasteiger partial charge in [0.1, 0.15) is 18.1 Å². The molecule has 1 N–H and O–H groups in total. The van der Waals surface area contributed by atoms with Crippen molar-refractivity contribution in [3.05, 3.63) is 71.1 Å². The van der Waals surface area contributed by atoms with Crippen LogP contribution in [0.2, 0.25) is 0 Å². The molecule has 1 amide bonds. The molecule has 0 bridgehead atoms. The van der Waals surface area contributed by atoms with Crippen molar-refractivity contribution in [2.45, 2.75) is 40.2 Å². The summed E-state index contributed by atoms with van der Waals surface area (Å²) in [5.41, 5.74) is 4.28. The Hall–Kier alpha value is -3.28. The number of piperidine rings is 1. The highest BCUT2D eigenvalue weighted by molar-refractivity contribution is 6.04. The highest BCUT2D eigenvalue weighted by Crippen LogP contribution is 2.25. The number of aromatic nitrogens is 1.